The van der Waals surface area contributed by atoms with Crippen LogP contribution in [-0.2, 0) is 16.1 Å². The van der Waals surface area contributed by atoms with E-state index in [1.807, 2.05) is 56.5 Å². The Balaban J connectivity index is 1.50. The van der Waals surface area contributed by atoms with Crippen molar-refractivity contribution in [1.82, 2.24) is 20.5 Å². The molecule has 2 aromatic rings. The zero-order valence-corrected chi connectivity index (χ0v) is 20.5. The average molecular weight is 485 g/mol. The predicted octanol–water partition coefficient (Wildman–Crippen LogP) is 2.98. The summed E-state index contributed by atoms with van der Waals surface area (Å²) in [4.78, 5) is 45.4. The third-order valence-corrected chi connectivity index (χ3v) is 8.18. The van der Waals surface area contributed by atoms with E-state index in [9.17, 15) is 14.4 Å². The summed E-state index contributed by atoms with van der Waals surface area (Å²) in [6.07, 6.45) is 5.83. The fourth-order valence-corrected chi connectivity index (χ4v) is 6.43. The van der Waals surface area contributed by atoms with Gasteiger partial charge in [0.1, 0.15) is 17.5 Å². The van der Waals surface area contributed by atoms with Gasteiger partial charge in [-0.2, -0.15) is 11.8 Å². The molecule has 4 rings (SSSR count). The van der Waals surface area contributed by atoms with E-state index in [1.165, 1.54) is 0 Å². The Kier molecular flexibility index (Phi) is 6.99. The van der Waals surface area contributed by atoms with Gasteiger partial charge in [-0.15, -0.1) is 11.8 Å². The number of nitrogens with zero attached hydrogens (tertiary/aromatic N) is 2. The van der Waals surface area contributed by atoms with Crippen LogP contribution in [0.25, 0.3) is 0 Å². The van der Waals surface area contributed by atoms with Gasteiger partial charge in [0, 0.05) is 29.2 Å². The summed E-state index contributed by atoms with van der Waals surface area (Å²) in [5.74, 6) is 0.0795. The van der Waals surface area contributed by atoms with E-state index in [4.69, 9.17) is 0 Å². The van der Waals surface area contributed by atoms with Gasteiger partial charge in [-0.05, 0) is 61.6 Å². The molecule has 7 nitrogen and oxygen atoms in total. The smallest absolute Gasteiger partial charge is 0.256 e. The second-order valence-corrected chi connectivity index (χ2v) is 11.4. The molecule has 0 bridgehead atoms. The van der Waals surface area contributed by atoms with Gasteiger partial charge in [-0.25, -0.2) is 0 Å². The lowest BCUT2D eigenvalue weighted by Crippen LogP contribution is -2.57. The number of hydrogen-bond donors (Lipinski definition) is 2. The van der Waals surface area contributed by atoms with E-state index >= 15 is 0 Å². The molecule has 2 aliphatic rings. The number of carbonyl (C=O) groups is 3. The largest absolute Gasteiger partial charge is 0.350 e. The molecule has 1 aromatic heterocycles. The first-order valence-electron chi connectivity index (χ1n) is 10.9. The van der Waals surface area contributed by atoms with Gasteiger partial charge in [0.2, 0.25) is 11.8 Å². The van der Waals surface area contributed by atoms with Crippen molar-refractivity contribution in [3.8, 4) is 0 Å². The van der Waals surface area contributed by atoms with E-state index in [0.717, 1.165) is 16.9 Å². The molecule has 2 N–H and O–H groups in total. The second-order valence-electron chi connectivity index (χ2n) is 8.69. The standard InChI is InChI=1S/C24H28N4O3S2/c1-24(2)19(28-22(31)16-6-4-5-7-17(16)23(28)33-24)21(30)27-18(10-13-32-3)20(29)26-14-15-8-11-25-12-9-15/h4-9,11-12,18-19,23H,10,13-14H2,1-3H3,(H,26,29)(H,27,30). The quantitative estimate of drug-likeness (QED) is 0.599. The Bertz CT molecular complexity index is 1050. The van der Waals surface area contributed by atoms with Crippen LogP contribution in [0.5, 0.6) is 0 Å². The summed E-state index contributed by atoms with van der Waals surface area (Å²) in [6.45, 7) is 4.33. The number of carbonyl (C=O) groups excluding carboxylic acids is 3. The SMILES string of the molecule is CSCCC(NC(=O)C1N2C(=O)c3ccccc3C2SC1(C)C)C(=O)NCc1ccncc1. The first-order valence-corrected chi connectivity index (χ1v) is 13.2. The van der Waals surface area contributed by atoms with Gasteiger partial charge in [-0.1, -0.05) is 18.2 Å². The highest BCUT2D eigenvalue weighted by Gasteiger charge is 2.57. The summed E-state index contributed by atoms with van der Waals surface area (Å²) in [5.41, 5.74) is 2.53. The van der Waals surface area contributed by atoms with Crippen LogP contribution in [0.15, 0.2) is 48.8 Å². The molecule has 3 amide bonds. The summed E-state index contributed by atoms with van der Waals surface area (Å²) in [7, 11) is 0. The molecule has 3 unspecified atom stereocenters. The maximum atomic E-state index is 13.5. The molecule has 1 fully saturated rings. The number of hydrogen-bond acceptors (Lipinski definition) is 6. The van der Waals surface area contributed by atoms with E-state index in [-0.39, 0.29) is 23.1 Å². The number of thioether (sulfide) groups is 2. The average Bonchev–Trinajstić information content (AvgIpc) is 3.24. The number of nitrogens with one attached hydrogen (secondary N) is 2. The van der Waals surface area contributed by atoms with Gasteiger partial charge in [0.05, 0.1) is 0 Å². The monoisotopic (exact) mass is 484 g/mol. The minimum Gasteiger partial charge on any atom is -0.350 e. The summed E-state index contributed by atoms with van der Waals surface area (Å²) in [5, 5.41) is 5.69. The highest BCUT2D eigenvalue weighted by Crippen LogP contribution is 2.56. The Hall–Kier alpha value is -2.52. The van der Waals surface area contributed by atoms with Gasteiger partial charge in [0.15, 0.2) is 0 Å². The molecule has 0 aliphatic carbocycles. The van der Waals surface area contributed by atoms with Crippen LogP contribution < -0.4 is 10.6 Å². The van der Waals surface area contributed by atoms with Crippen molar-refractivity contribution in [3.63, 3.8) is 0 Å². The van der Waals surface area contributed by atoms with Crippen LogP contribution in [0.2, 0.25) is 0 Å². The molecule has 1 saturated heterocycles. The Morgan fingerprint density at radius 2 is 1.94 bits per heavy atom. The molecule has 174 valence electrons. The highest BCUT2D eigenvalue weighted by atomic mass is 32.2. The van der Waals surface area contributed by atoms with Crippen LogP contribution in [0.4, 0.5) is 0 Å². The first kappa shape index (κ1) is 23.6. The van der Waals surface area contributed by atoms with Crippen molar-refractivity contribution in [1.29, 1.82) is 0 Å². The number of pyridine rings is 1. The van der Waals surface area contributed by atoms with Crippen molar-refractivity contribution in [2.45, 2.75) is 49.0 Å². The molecule has 0 spiro atoms. The van der Waals surface area contributed by atoms with Crippen molar-refractivity contribution in [3.05, 3.63) is 65.5 Å². The number of rotatable bonds is 8. The summed E-state index contributed by atoms with van der Waals surface area (Å²) >= 11 is 3.24. The number of amides is 3. The number of benzene rings is 1. The first-order chi connectivity index (χ1) is 15.8. The minimum absolute atomic E-state index is 0.128. The number of aromatic nitrogens is 1. The van der Waals surface area contributed by atoms with Gasteiger partial charge < -0.3 is 15.5 Å². The van der Waals surface area contributed by atoms with Crippen LogP contribution in [0.1, 0.15) is 47.1 Å². The van der Waals surface area contributed by atoms with Gasteiger partial charge >= 0.3 is 0 Å². The van der Waals surface area contributed by atoms with Crippen molar-refractivity contribution >= 4 is 41.2 Å². The Morgan fingerprint density at radius 3 is 2.67 bits per heavy atom. The normalized spacial score (nSPS) is 21.3. The van der Waals surface area contributed by atoms with Crippen molar-refractivity contribution < 1.29 is 14.4 Å². The van der Waals surface area contributed by atoms with Gasteiger partial charge in [0.25, 0.3) is 5.91 Å². The molecule has 1 aromatic carbocycles. The fraction of sp³-hybridized carbons (Fsp3) is 0.417. The Morgan fingerprint density at radius 1 is 1.21 bits per heavy atom. The lowest BCUT2D eigenvalue weighted by molar-refractivity contribution is -0.132. The third kappa shape index (κ3) is 4.75. The highest BCUT2D eigenvalue weighted by molar-refractivity contribution is 8.01. The van der Waals surface area contributed by atoms with Crippen molar-refractivity contribution in [2.24, 2.45) is 0 Å². The predicted molar refractivity (Wildman–Crippen MR) is 132 cm³/mol. The summed E-state index contributed by atoms with van der Waals surface area (Å²) in [6, 6.07) is 9.86. The second kappa shape index (κ2) is 9.77. The number of fused-ring (bicyclic) bond motifs is 3. The zero-order chi connectivity index (χ0) is 23.6. The third-order valence-electron chi connectivity index (χ3n) is 6.00. The lowest BCUT2D eigenvalue weighted by Gasteiger charge is -2.31. The van der Waals surface area contributed by atoms with Crippen LogP contribution in [0.3, 0.4) is 0 Å². The van der Waals surface area contributed by atoms with E-state index < -0.39 is 16.8 Å². The molecule has 3 atom stereocenters. The molecule has 33 heavy (non-hydrogen) atoms. The maximum absolute atomic E-state index is 13.5. The molecule has 2 aliphatic heterocycles. The van der Waals surface area contributed by atoms with Gasteiger partial charge in [-0.3, -0.25) is 19.4 Å². The maximum Gasteiger partial charge on any atom is 0.256 e. The van der Waals surface area contributed by atoms with Crippen LogP contribution >= 0.6 is 23.5 Å². The van der Waals surface area contributed by atoms with Crippen molar-refractivity contribution in [2.75, 3.05) is 12.0 Å². The molecule has 9 heteroatoms. The minimum atomic E-state index is -0.674. The van der Waals surface area contributed by atoms with E-state index in [0.29, 0.717) is 18.5 Å². The fourth-order valence-electron chi connectivity index (χ4n) is 4.37. The van der Waals surface area contributed by atoms with Crippen LogP contribution in [0, 0.1) is 0 Å². The topological polar surface area (TPSA) is 91.4 Å². The van der Waals surface area contributed by atoms with Crippen LogP contribution in [-0.4, -0.2) is 56.4 Å². The molecular weight excluding hydrogens is 456 g/mol. The molecule has 0 radical (unpaired) electrons. The molecule has 0 saturated carbocycles. The molecule has 3 heterocycles. The van der Waals surface area contributed by atoms with E-state index in [2.05, 4.69) is 15.6 Å². The van der Waals surface area contributed by atoms with E-state index in [1.54, 1.807) is 40.8 Å². The summed E-state index contributed by atoms with van der Waals surface area (Å²) < 4.78 is -0.491. The molecular formula is C24H28N4O3S2. The Labute approximate surface area is 202 Å². The zero-order valence-electron chi connectivity index (χ0n) is 18.9. The lowest BCUT2D eigenvalue weighted by atomic mass is 10.00.